The molecule has 0 spiro atoms. The van der Waals surface area contributed by atoms with E-state index < -0.39 is 0 Å². The molecule has 1 N–H and O–H groups in total. The molecule has 1 fully saturated rings. The zero-order chi connectivity index (χ0) is 12.3. The van der Waals surface area contributed by atoms with E-state index in [4.69, 9.17) is 0 Å². The summed E-state index contributed by atoms with van der Waals surface area (Å²) in [6, 6.07) is 4.78. The molecule has 0 amide bonds. The highest BCUT2D eigenvalue weighted by molar-refractivity contribution is 5.90. The smallest absolute Gasteiger partial charge is 0.337 e. The molecule has 90 valence electrons. The van der Waals surface area contributed by atoms with Crippen LogP contribution in [0.4, 0.5) is 0 Å². The summed E-state index contributed by atoms with van der Waals surface area (Å²) in [4.78, 5) is 11.4. The average Bonchev–Trinajstić information content (AvgIpc) is 2.84. The van der Waals surface area contributed by atoms with E-state index in [1.54, 1.807) is 12.1 Å². The van der Waals surface area contributed by atoms with Crippen LogP contribution >= 0.6 is 0 Å². The highest BCUT2D eigenvalue weighted by Gasteiger charge is 2.11. The monoisotopic (exact) mass is 232 g/mol. The van der Waals surface area contributed by atoms with Gasteiger partial charge in [-0.1, -0.05) is 11.6 Å². The van der Waals surface area contributed by atoms with E-state index in [0.717, 1.165) is 12.8 Å². The first-order chi connectivity index (χ1) is 8.20. The van der Waals surface area contributed by atoms with Crippen molar-refractivity contribution in [1.29, 1.82) is 0 Å². The van der Waals surface area contributed by atoms with Gasteiger partial charge in [-0.2, -0.15) is 0 Å². The topological polar surface area (TPSA) is 46.5 Å². The molecule has 0 atom stereocenters. The zero-order valence-electron chi connectivity index (χ0n) is 9.90. The molecule has 1 saturated carbocycles. The summed E-state index contributed by atoms with van der Waals surface area (Å²) >= 11 is 0. The molecule has 1 aromatic carbocycles. The van der Waals surface area contributed by atoms with Crippen molar-refractivity contribution in [3.8, 4) is 5.75 Å². The summed E-state index contributed by atoms with van der Waals surface area (Å²) < 4.78 is 4.66. The number of methoxy groups -OCH3 is 1. The first kappa shape index (κ1) is 11.7. The molecule has 0 bridgehead atoms. The van der Waals surface area contributed by atoms with Gasteiger partial charge in [0, 0.05) is 5.56 Å². The van der Waals surface area contributed by atoms with Gasteiger partial charge >= 0.3 is 5.97 Å². The van der Waals surface area contributed by atoms with Crippen LogP contribution in [-0.2, 0) is 4.74 Å². The van der Waals surface area contributed by atoms with Gasteiger partial charge in [0.1, 0.15) is 5.75 Å². The van der Waals surface area contributed by atoms with Gasteiger partial charge < -0.3 is 9.84 Å². The minimum Gasteiger partial charge on any atom is -0.507 e. The van der Waals surface area contributed by atoms with E-state index in [-0.39, 0.29) is 11.7 Å². The zero-order valence-corrected chi connectivity index (χ0v) is 9.90. The summed E-state index contributed by atoms with van der Waals surface area (Å²) in [6.07, 6.45) is 6.57. The number of phenols is 1. The second-order valence-electron chi connectivity index (χ2n) is 4.27. The van der Waals surface area contributed by atoms with Crippen LogP contribution in [0.3, 0.4) is 0 Å². The van der Waals surface area contributed by atoms with Crippen LogP contribution in [0.2, 0.25) is 0 Å². The summed E-state index contributed by atoms with van der Waals surface area (Å²) in [5.41, 5.74) is 2.50. The molecular weight excluding hydrogens is 216 g/mol. The lowest BCUT2D eigenvalue weighted by Gasteiger charge is -2.04. The Balaban J connectivity index is 2.32. The van der Waals surface area contributed by atoms with Crippen molar-refractivity contribution < 1.29 is 14.6 Å². The predicted molar refractivity (Wildman–Crippen MR) is 65.9 cm³/mol. The minimum absolute atomic E-state index is 0.206. The van der Waals surface area contributed by atoms with Crippen LogP contribution in [0.25, 0.3) is 6.08 Å². The van der Waals surface area contributed by atoms with Gasteiger partial charge in [-0.25, -0.2) is 4.79 Å². The Hall–Kier alpha value is -1.77. The molecular formula is C14H16O3. The molecule has 3 heteroatoms. The lowest BCUT2D eigenvalue weighted by molar-refractivity contribution is 0.0600. The van der Waals surface area contributed by atoms with E-state index >= 15 is 0 Å². The van der Waals surface area contributed by atoms with Crippen LogP contribution in [0, 0.1) is 0 Å². The van der Waals surface area contributed by atoms with Gasteiger partial charge in [-0.15, -0.1) is 0 Å². The van der Waals surface area contributed by atoms with Gasteiger partial charge in [0.05, 0.1) is 12.7 Å². The van der Waals surface area contributed by atoms with Crippen LogP contribution < -0.4 is 0 Å². The molecule has 1 aliphatic carbocycles. The fraction of sp³-hybridized carbons (Fsp3) is 0.357. The van der Waals surface area contributed by atoms with Crippen molar-refractivity contribution >= 4 is 12.0 Å². The number of carbonyl (C=O) groups excluding carboxylic acids is 1. The number of phenolic OH excluding ortho intramolecular Hbond substituents is 1. The summed E-state index contributed by atoms with van der Waals surface area (Å²) in [5, 5.41) is 9.75. The number of carbonyl (C=O) groups is 1. The number of hydrogen-bond donors (Lipinski definition) is 1. The largest absolute Gasteiger partial charge is 0.507 e. The van der Waals surface area contributed by atoms with Crippen molar-refractivity contribution in [2.75, 3.05) is 7.11 Å². The molecule has 0 aliphatic heterocycles. The third-order valence-corrected chi connectivity index (χ3v) is 3.05. The van der Waals surface area contributed by atoms with Gasteiger partial charge in [0.15, 0.2) is 0 Å². The SMILES string of the molecule is COC(=O)c1ccc(O)c(C=C2CCCC2)c1. The fourth-order valence-electron chi connectivity index (χ4n) is 2.11. The summed E-state index contributed by atoms with van der Waals surface area (Å²) in [5.74, 6) is -0.173. The standard InChI is InChI=1S/C14H16O3/c1-17-14(16)11-6-7-13(15)12(9-11)8-10-4-2-3-5-10/h6-9,15H,2-5H2,1H3. The summed E-state index contributed by atoms with van der Waals surface area (Å²) in [7, 11) is 1.35. The third-order valence-electron chi connectivity index (χ3n) is 3.05. The molecule has 1 aliphatic rings. The average molecular weight is 232 g/mol. The van der Waals surface area contributed by atoms with E-state index in [1.165, 1.54) is 31.6 Å². The Morgan fingerprint density at radius 2 is 2.06 bits per heavy atom. The first-order valence-corrected chi connectivity index (χ1v) is 5.81. The van der Waals surface area contributed by atoms with Gasteiger partial charge in [-0.3, -0.25) is 0 Å². The molecule has 0 saturated heterocycles. The molecule has 1 aromatic rings. The van der Waals surface area contributed by atoms with Crippen molar-refractivity contribution in [3.05, 3.63) is 34.9 Å². The van der Waals surface area contributed by atoms with E-state index in [2.05, 4.69) is 4.74 Å². The maximum atomic E-state index is 11.4. The van der Waals surface area contributed by atoms with E-state index in [1.807, 2.05) is 6.08 Å². The molecule has 3 nitrogen and oxygen atoms in total. The van der Waals surface area contributed by atoms with Gasteiger partial charge in [0.2, 0.25) is 0 Å². The highest BCUT2D eigenvalue weighted by Crippen LogP contribution is 2.29. The van der Waals surface area contributed by atoms with Gasteiger partial charge in [0.25, 0.3) is 0 Å². The Labute approximate surface area is 101 Å². The van der Waals surface area contributed by atoms with Crippen LogP contribution in [-0.4, -0.2) is 18.2 Å². The first-order valence-electron chi connectivity index (χ1n) is 5.81. The molecule has 0 heterocycles. The van der Waals surface area contributed by atoms with E-state index in [9.17, 15) is 9.90 Å². The molecule has 0 aromatic heterocycles. The summed E-state index contributed by atoms with van der Waals surface area (Å²) in [6.45, 7) is 0. The Morgan fingerprint density at radius 1 is 1.35 bits per heavy atom. The van der Waals surface area contributed by atoms with Crippen molar-refractivity contribution in [3.63, 3.8) is 0 Å². The quantitative estimate of drug-likeness (QED) is 0.797. The van der Waals surface area contributed by atoms with Crippen LogP contribution in [0.15, 0.2) is 23.8 Å². The number of benzene rings is 1. The van der Waals surface area contributed by atoms with Crippen LogP contribution in [0.1, 0.15) is 41.6 Å². The van der Waals surface area contributed by atoms with E-state index in [0.29, 0.717) is 11.1 Å². The lowest BCUT2D eigenvalue weighted by Crippen LogP contribution is -2.01. The molecule has 17 heavy (non-hydrogen) atoms. The Kier molecular flexibility index (Phi) is 3.47. The molecule has 2 rings (SSSR count). The normalized spacial score (nSPS) is 14.8. The fourth-order valence-corrected chi connectivity index (χ4v) is 2.11. The number of allylic oxidation sites excluding steroid dienone is 1. The van der Waals surface area contributed by atoms with Crippen LogP contribution in [0.5, 0.6) is 5.75 Å². The molecule has 0 radical (unpaired) electrons. The number of rotatable bonds is 2. The minimum atomic E-state index is -0.379. The maximum Gasteiger partial charge on any atom is 0.337 e. The van der Waals surface area contributed by atoms with Gasteiger partial charge in [-0.05, 0) is 43.9 Å². The van der Waals surface area contributed by atoms with Crippen molar-refractivity contribution in [2.24, 2.45) is 0 Å². The Morgan fingerprint density at radius 3 is 2.71 bits per heavy atom. The number of aromatic hydroxyl groups is 1. The van der Waals surface area contributed by atoms with Crippen molar-refractivity contribution in [1.82, 2.24) is 0 Å². The number of esters is 1. The Bertz CT molecular complexity index is 453. The highest BCUT2D eigenvalue weighted by atomic mass is 16.5. The molecule has 0 unspecified atom stereocenters. The van der Waals surface area contributed by atoms with Crippen molar-refractivity contribution in [2.45, 2.75) is 25.7 Å². The second-order valence-corrected chi connectivity index (χ2v) is 4.27. The third kappa shape index (κ3) is 2.67. The maximum absolute atomic E-state index is 11.4. The lowest BCUT2D eigenvalue weighted by atomic mass is 10.1. The number of ether oxygens (including phenoxy) is 1. The second kappa shape index (κ2) is 5.04. The number of hydrogen-bond acceptors (Lipinski definition) is 3. The predicted octanol–water partition coefficient (Wildman–Crippen LogP) is 3.14.